The highest BCUT2D eigenvalue weighted by Gasteiger charge is 2.14. The highest BCUT2D eigenvalue weighted by molar-refractivity contribution is 7.12. The Labute approximate surface area is 109 Å². The van der Waals surface area contributed by atoms with Gasteiger partial charge in [-0.15, -0.1) is 11.3 Å². The predicted molar refractivity (Wildman–Crippen MR) is 61.8 cm³/mol. The lowest BCUT2D eigenvalue weighted by Gasteiger charge is -2.07. The first-order chi connectivity index (χ1) is 8.99. The van der Waals surface area contributed by atoms with Crippen LogP contribution in [-0.2, 0) is 0 Å². The van der Waals surface area contributed by atoms with Crippen LogP contribution in [0.4, 0.5) is 10.1 Å². The third-order valence-electron chi connectivity index (χ3n) is 2.16. The summed E-state index contributed by atoms with van der Waals surface area (Å²) in [6.07, 6.45) is 0. The van der Waals surface area contributed by atoms with E-state index in [1.54, 1.807) is 0 Å². The molecule has 19 heavy (non-hydrogen) atoms. The number of carbonyl (C=O) groups is 1. The van der Waals surface area contributed by atoms with Crippen LogP contribution in [0.2, 0.25) is 0 Å². The Bertz CT molecular complexity index is 654. The number of non-ortho nitro benzene ring substituents is 1. The zero-order valence-electron chi connectivity index (χ0n) is 9.16. The van der Waals surface area contributed by atoms with Crippen molar-refractivity contribution in [2.75, 3.05) is 0 Å². The Morgan fingerprint density at radius 2 is 2.05 bits per heavy atom. The number of aromatic carboxylic acids is 1. The third-order valence-corrected chi connectivity index (χ3v) is 3.04. The molecule has 0 aliphatic heterocycles. The Balaban J connectivity index is 2.31. The summed E-state index contributed by atoms with van der Waals surface area (Å²) in [5.74, 6) is -2.76. The van der Waals surface area contributed by atoms with Gasteiger partial charge in [-0.2, -0.15) is 0 Å². The van der Waals surface area contributed by atoms with Crippen LogP contribution in [0.3, 0.4) is 0 Å². The van der Waals surface area contributed by atoms with Crippen LogP contribution in [0.5, 0.6) is 11.5 Å². The van der Waals surface area contributed by atoms with Crippen LogP contribution in [0.1, 0.15) is 9.67 Å². The fourth-order valence-corrected chi connectivity index (χ4v) is 1.98. The maximum atomic E-state index is 13.5. The number of rotatable bonds is 4. The van der Waals surface area contributed by atoms with Crippen LogP contribution in [-0.4, -0.2) is 10.9 Å². The molecule has 0 spiro atoms. The number of nitro benzene ring substituents is 1. The minimum absolute atomic E-state index is 0.0715. The number of carboxylic acids is 1. The number of carbonyl (C=O) groups excluding carboxylic acids is 1. The van der Waals surface area contributed by atoms with E-state index in [4.69, 9.17) is 4.74 Å². The number of halogens is 1. The first kappa shape index (κ1) is 13.0. The van der Waals surface area contributed by atoms with Gasteiger partial charge in [0.25, 0.3) is 5.69 Å². The van der Waals surface area contributed by atoms with Crippen LogP contribution < -0.4 is 9.84 Å². The van der Waals surface area contributed by atoms with Gasteiger partial charge in [0.2, 0.25) is 0 Å². The normalized spacial score (nSPS) is 10.2. The largest absolute Gasteiger partial charge is 0.544 e. The van der Waals surface area contributed by atoms with E-state index in [9.17, 15) is 24.4 Å². The van der Waals surface area contributed by atoms with Crippen molar-refractivity contribution in [3.05, 3.63) is 50.5 Å². The monoisotopic (exact) mass is 282 g/mol. The number of hydrogen-bond donors (Lipinski definition) is 0. The molecule has 6 nitrogen and oxygen atoms in total. The molecule has 0 atom stereocenters. The van der Waals surface area contributed by atoms with Crippen molar-refractivity contribution >= 4 is 23.0 Å². The topological polar surface area (TPSA) is 92.5 Å². The molecule has 0 saturated carbocycles. The molecule has 0 fully saturated rings. The van der Waals surface area contributed by atoms with Crippen LogP contribution >= 0.6 is 11.3 Å². The molecule has 0 amide bonds. The molecule has 0 aliphatic rings. The molecule has 2 aromatic rings. The summed E-state index contributed by atoms with van der Waals surface area (Å²) < 4.78 is 18.6. The standard InChI is InChI=1S/C11H6FNO5S/c12-7-5-6(13(16)17)1-2-8(7)18-9-3-4-19-10(9)11(14)15/h1-5H,(H,14,15)/p-1. The number of nitrogens with zero attached hydrogens (tertiary/aromatic N) is 1. The van der Waals surface area contributed by atoms with Crippen molar-refractivity contribution in [1.29, 1.82) is 0 Å². The lowest BCUT2D eigenvalue weighted by molar-refractivity contribution is -0.385. The van der Waals surface area contributed by atoms with Gasteiger partial charge in [-0.3, -0.25) is 10.1 Å². The zero-order valence-corrected chi connectivity index (χ0v) is 9.98. The number of carboxylic acid groups (broad SMARTS) is 1. The Hall–Kier alpha value is -2.48. The first-order valence-electron chi connectivity index (χ1n) is 4.89. The number of thiophene rings is 1. The number of nitro groups is 1. The third kappa shape index (κ3) is 2.68. The summed E-state index contributed by atoms with van der Waals surface area (Å²) in [7, 11) is 0. The molecule has 2 rings (SSSR count). The zero-order chi connectivity index (χ0) is 14.0. The summed E-state index contributed by atoms with van der Waals surface area (Å²) in [5.41, 5.74) is -0.421. The second kappa shape index (κ2) is 5.02. The molecule has 98 valence electrons. The maximum absolute atomic E-state index is 13.5. The Morgan fingerprint density at radius 3 is 2.63 bits per heavy atom. The van der Waals surface area contributed by atoms with Gasteiger partial charge >= 0.3 is 0 Å². The summed E-state index contributed by atoms with van der Waals surface area (Å²) in [6.45, 7) is 0. The van der Waals surface area contributed by atoms with Crippen molar-refractivity contribution < 1.29 is 24.0 Å². The predicted octanol–water partition coefficient (Wildman–Crippen LogP) is 1.95. The summed E-state index contributed by atoms with van der Waals surface area (Å²) in [6, 6.07) is 4.16. The fourth-order valence-electron chi connectivity index (χ4n) is 1.33. The lowest BCUT2D eigenvalue weighted by Crippen LogP contribution is -2.21. The molecule has 0 N–H and O–H groups in total. The van der Waals surface area contributed by atoms with Gasteiger partial charge in [-0.1, -0.05) is 0 Å². The number of hydrogen-bond acceptors (Lipinski definition) is 6. The average Bonchev–Trinajstić information content (AvgIpc) is 2.79. The van der Waals surface area contributed by atoms with Gasteiger partial charge in [-0.05, 0) is 17.5 Å². The highest BCUT2D eigenvalue weighted by Crippen LogP contribution is 2.32. The van der Waals surface area contributed by atoms with Gasteiger partial charge in [-0.25, -0.2) is 4.39 Å². The van der Waals surface area contributed by atoms with Crippen LogP contribution in [0.25, 0.3) is 0 Å². The van der Waals surface area contributed by atoms with Gasteiger partial charge in [0.1, 0.15) is 5.75 Å². The molecule has 1 aromatic carbocycles. The smallest absolute Gasteiger partial charge is 0.272 e. The first-order valence-corrected chi connectivity index (χ1v) is 5.77. The molecule has 0 aliphatic carbocycles. The second-order valence-electron chi connectivity index (χ2n) is 3.38. The minimum Gasteiger partial charge on any atom is -0.544 e. The fraction of sp³-hybridized carbons (Fsp3) is 0. The van der Waals surface area contributed by atoms with Crippen molar-refractivity contribution in [1.82, 2.24) is 0 Å². The van der Waals surface area contributed by atoms with E-state index < -0.39 is 22.4 Å². The summed E-state index contributed by atoms with van der Waals surface area (Å²) in [4.78, 5) is 20.2. The van der Waals surface area contributed by atoms with Gasteiger partial charge in [0.15, 0.2) is 11.6 Å². The number of benzene rings is 1. The van der Waals surface area contributed by atoms with E-state index in [2.05, 4.69) is 0 Å². The van der Waals surface area contributed by atoms with Crippen LogP contribution in [0.15, 0.2) is 29.6 Å². The molecule has 0 radical (unpaired) electrons. The average molecular weight is 282 g/mol. The molecule has 0 saturated heterocycles. The molecule has 0 bridgehead atoms. The number of ether oxygens (including phenoxy) is 1. The van der Waals surface area contributed by atoms with E-state index in [-0.39, 0.29) is 16.4 Å². The quantitative estimate of drug-likeness (QED) is 0.631. The molecule has 1 aromatic heterocycles. The SMILES string of the molecule is O=C([O-])c1sccc1Oc1ccc([N+](=O)[O-])cc1F. The lowest BCUT2D eigenvalue weighted by atomic mass is 10.3. The molecule has 8 heteroatoms. The van der Waals surface area contributed by atoms with Gasteiger partial charge < -0.3 is 14.6 Å². The minimum atomic E-state index is -1.44. The molecule has 0 unspecified atom stereocenters. The molecular weight excluding hydrogens is 277 g/mol. The van der Waals surface area contributed by atoms with E-state index in [0.717, 1.165) is 23.5 Å². The van der Waals surface area contributed by atoms with E-state index in [0.29, 0.717) is 6.07 Å². The van der Waals surface area contributed by atoms with E-state index in [1.165, 1.54) is 11.4 Å². The molecule has 1 heterocycles. The summed E-state index contributed by atoms with van der Waals surface area (Å²) in [5, 5.41) is 22.6. The van der Waals surface area contributed by atoms with Crippen molar-refractivity contribution in [2.45, 2.75) is 0 Å². The second-order valence-corrected chi connectivity index (χ2v) is 4.29. The van der Waals surface area contributed by atoms with Crippen molar-refractivity contribution in [2.24, 2.45) is 0 Å². The Kier molecular flexibility index (Phi) is 3.43. The summed E-state index contributed by atoms with van der Waals surface area (Å²) >= 11 is 0.873. The Morgan fingerprint density at radius 1 is 1.32 bits per heavy atom. The van der Waals surface area contributed by atoms with Crippen molar-refractivity contribution in [3.63, 3.8) is 0 Å². The molecular formula is C11H5FNO5S-. The van der Waals surface area contributed by atoms with E-state index in [1.807, 2.05) is 0 Å². The highest BCUT2D eigenvalue weighted by atomic mass is 32.1. The van der Waals surface area contributed by atoms with E-state index >= 15 is 0 Å². The van der Waals surface area contributed by atoms with Gasteiger partial charge in [0, 0.05) is 6.07 Å². The van der Waals surface area contributed by atoms with Crippen molar-refractivity contribution in [3.8, 4) is 11.5 Å². The maximum Gasteiger partial charge on any atom is 0.272 e. The van der Waals surface area contributed by atoms with Crippen LogP contribution in [0, 0.1) is 15.9 Å². The van der Waals surface area contributed by atoms with Gasteiger partial charge in [0.05, 0.1) is 21.8 Å².